The van der Waals surface area contributed by atoms with Gasteiger partial charge in [-0.05, 0) is 60.7 Å². The molecule has 0 N–H and O–H groups in total. The fourth-order valence-corrected chi connectivity index (χ4v) is 5.50. The van der Waals surface area contributed by atoms with E-state index in [1.54, 1.807) is 53.4 Å². The number of fused-ring (bicyclic) bond motifs is 3. The van der Waals surface area contributed by atoms with E-state index in [1.165, 1.54) is 24.8 Å². The molecule has 0 amide bonds. The van der Waals surface area contributed by atoms with Gasteiger partial charge >= 0.3 is 0 Å². The zero-order valence-electron chi connectivity index (χ0n) is 24.5. The van der Waals surface area contributed by atoms with Gasteiger partial charge in [-0.15, -0.1) is 0 Å². The molecule has 0 unspecified atom stereocenters. The molecule has 47 heavy (non-hydrogen) atoms. The summed E-state index contributed by atoms with van der Waals surface area (Å²) in [6.45, 7) is 0. The Balaban J connectivity index is 1.23. The van der Waals surface area contributed by atoms with Gasteiger partial charge in [0.25, 0.3) is 0 Å². The van der Waals surface area contributed by atoms with E-state index in [9.17, 15) is 0 Å². The Morgan fingerprint density at radius 3 is 1.49 bits per heavy atom. The highest BCUT2D eigenvalue weighted by molar-refractivity contribution is 6.10. The summed E-state index contributed by atoms with van der Waals surface area (Å²) in [5.74, 6) is -0.212. The molecule has 0 aliphatic heterocycles. The van der Waals surface area contributed by atoms with Crippen LogP contribution in [0.4, 0.5) is 8.78 Å². The maximum absolute atomic E-state index is 15.7. The molecule has 4 aromatic heterocycles. The Kier molecular flexibility index (Phi) is 6.99. The number of pyridine rings is 2. The highest BCUT2D eigenvalue weighted by Gasteiger charge is 2.21. The van der Waals surface area contributed by atoms with Gasteiger partial charge in [0.15, 0.2) is 23.1 Å². The molecule has 0 fully saturated rings. The fraction of sp³-hybridized carbons (Fsp3) is 0. The lowest BCUT2D eigenvalue weighted by atomic mass is 10.1. The average Bonchev–Trinajstić information content (AvgIpc) is 3.41. The predicted octanol–water partition coefficient (Wildman–Crippen LogP) is 8.96. The molecule has 8 aromatic rings. The van der Waals surface area contributed by atoms with Gasteiger partial charge in [-0.2, -0.15) is 0 Å². The highest BCUT2D eigenvalue weighted by Crippen LogP contribution is 2.40. The molecule has 0 radical (unpaired) electrons. The van der Waals surface area contributed by atoms with Crippen LogP contribution in [-0.4, -0.2) is 29.5 Å². The van der Waals surface area contributed by atoms with Gasteiger partial charge in [-0.1, -0.05) is 36.4 Å². The summed E-state index contributed by atoms with van der Waals surface area (Å²) in [6.07, 6.45) is 6.12. The SMILES string of the molecule is Fc1cc2c3cc(F)c(Oc4cccc(-c5ccccn5)c4)cc3n(-c3ncncn3)c2cc1Oc1cccc(-c2ccccn2)c1. The minimum atomic E-state index is -0.623. The standard InChI is InChI=1S/C37H22F2N6O2/c38-29-17-27-28-18-30(39)36(47-26-10-6-8-24(16-26)32-12-2-4-14-42-32)20-34(28)45(37-43-21-40-22-44-37)33(27)19-35(29)46-25-9-5-7-23(15-25)31-11-1-3-13-41-31/h1-22H. The van der Waals surface area contributed by atoms with Crippen LogP contribution in [0.5, 0.6) is 23.0 Å². The van der Waals surface area contributed by atoms with E-state index in [0.29, 0.717) is 33.3 Å². The van der Waals surface area contributed by atoms with E-state index in [2.05, 4.69) is 24.9 Å². The maximum atomic E-state index is 15.7. The topological polar surface area (TPSA) is 87.8 Å². The van der Waals surface area contributed by atoms with Gasteiger partial charge < -0.3 is 9.47 Å². The first-order valence-corrected chi connectivity index (χ1v) is 14.6. The Hall–Kier alpha value is -6.55. The van der Waals surface area contributed by atoms with Gasteiger partial charge in [0.05, 0.1) is 22.4 Å². The van der Waals surface area contributed by atoms with Crippen LogP contribution in [0.15, 0.2) is 134 Å². The molecule has 8 nitrogen and oxygen atoms in total. The lowest BCUT2D eigenvalue weighted by molar-refractivity contribution is 0.443. The van der Waals surface area contributed by atoms with Gasteiger partial charge in [-0.3, -0.25) is 14.5 Å². The molecule has 226 valence electrons. The zero-order chi connectivity index (χ0) is 31.7. The summed E-state index contributed by atoms with van der Waals surface area (Å²) in [4.78, 5) is 21.4. The van der Waals surface area contributed by atoms with E-state index >= 15 is 8.78 Å². The normalized spacial score (nSPS) is 11.2. The number of ether oxygens (including phenoxy) is 2. The lowest BCUT2D eigenvalue weighted by Crippen LogP contribution is -2.01. The zero-order valence-corrected chi connectivity index (χ0v) is 24.5. The Morgan fingerprint density at radius 2 is 1.02 bits per heavy atom. The van der Waals surface area contributed by atoms with Crippen molar-refractivity contribution >= 4 is 21.8 Å². The van der Waals surface area contributed by atoms with Crippen molar-refractivity contribution in [3.63, 3.8) is 0 Å². The number of nitrogens with zero attached hydrogens (tertiary/aromatic N) is 6. The summed E-state index contributed by atoms with van der Waals surface area (Å²) >= 11 is 0. The van der Waals surface area contributed by atoms with E-state index in [-0.39, 0.29) is 17.4 Å². The van der Waals surface area contributed by atoms with Crippen LogP contribution in [0.2, 0.25) is 0 Å². The van der Waals surface area contributed by atoms with Crippen LogP contribution < -0.4 is 9.47 Å². The average molecular weight is 621 g/mol. The molecule has 0 saturated heterocycles. The number of aromatic nitrogens is 6. The molecule has 0 aliphatic rings. The molecule has 0 bridgehead atoms. The molecule has 4 heterocycles. The van der Waals surface area contributed by atoms with Gasteiger partial charge in [0.2, 0.25) is 5.95 Å². The summed E-state index contributed by atoms with van der Waals surface area (Å²) in [5.41, 5.74) is 4.14. The van der Waals surface area contributed by atoms with Crippen LogP contribution in [0, 0.1) is 11.6 Å². The number of benzene rings is 4. The van der Waals surface area contributed by atoms with Crippen LogP contribution in [0.1, 0.15) is 0 Å². The lowest BCUT2D eigenvalue weighted by Gasteiger charge is -2.11. The highest BCUT2D eigenvalue weighted by atomic mass is 19.1. The Bertz CT molecular complexity index is 2240. The van der Waals surface area contributed by atoms with Crippen molar-refractivity contribution in [3.8, 4) is 51.5 Å². The van der Waals surface area contributed by atoms with Crippen molar-refractivity contribution in [2.24, 2.45) is 0 Å². The van der Waals surface area contributed by atoms with Crippen molar-refractivity contribution in [2.45, 2.75) is 0 Å². The third kappa shape index (κ3) is 5.38. The second-order valence-electron chi connectivity index (χ2n) is 10.6. The van der Waals surface area contributed by atoms with Crippen LogP contribution >= 0.6 is 0 Å². The number of hydrogen-bond acceptors (Lipinski definition) is 7. The number of hydrogen-bond donors (Lipinski definition) is 0. The minimum absolute atomic E-state index is 0.0305. The fourth-order valence-electron chi connectivity index (χ4n) is 5.50. The Morgan fingerprint density at radius 1 is 0.511 bits per heavy atom. The van der Waals surface area contributed by atoms with E-state index < -0.39 is 11.6 Å². The van der Waals surface area contributed by atoms with Crippen LogP contribution in [0.25, 0.3) is 50.3 Å². The van der Waals surface area contributed by atoms with Gasteiger partial charge in [0, 0.05) is 46.4 Å². The molecule has 0 spiro atoms. The largest absolute Gasteiger partial charge is 0.454 e. The third-order valence-electron chi connectivity index (χ3n) is 7.60. The molecular formula is C37H22F2N6O2. The van der Waals surface area contributed by atoms with Gasteiger partial charge in [-0.25, -0.2) is 23.7 Å². The predicted molar refractivity (Wildman–Crippen MR) is 174 cm³/mol. The number of halogens is 2. The quantitative estimate of drug-likeness (QED) is 0.176. The molecular weight excluding hydrogens is 598 g/mol. The first-order valence-electron chi connectivity index (χ1n) is 14.6. The summed E-state index contributed by atoms with van der Waals surface area (Å²) in [6, 6.07) is 31.4. The molecule has 0 aliphatic carbocycles. The molecule has 0 saturated carbocycles. The van der Waals surface area contributed by atoms with Gasteiger partial charge in [0.1, 0.15) is 24.2 Å². The second-order valence-corrected chi connectivity index (χ2v) is 10.6. The Labute approximate surface area is 266 Å². The first-order chi connectivity index (χ1) is 23.1. The molecule has 8 rings (SSSR count). The summed E-state index contributed by atoms with van der Waals surface area (Å²) in [5, 5.41) is 0.880. The van der Waals surface area contributed by atoms with Crippen molar-refractivity contribution in [1.82, 2.24) is 29.5 Å². The minimum Gasteiger partial charge on any atom is -0.454 e. The van der Waals surface area contributed by atoms with E-state index in [1.807, 2.05) is 60.7 Å². The molecule has 0 atom stereocenters. The first kappa shape index (κ1) is 28.0. The maximum Gasteiger partial charge on any atom is 0.237 e. The van der Waals surface area contributed by atoms with Crippen LogP contribution in [-0.2, 0) is 0 Å². The second kappa shape index (κ2) is 11.8. The molecule has 10 heteroatoms. The van der Waals surface area contributed by atoms with Crippen molar-refractivity contribution in [2.75, 3.05) is 0 Å². The van der Waals surface area contributed by atoms with Crippen molar-refractivity contribution in [1.29, 1.82) is 0 Å². The summed E-state index contributed by atoms with van der Waals surface area (Å²) in [7, 11) is 0. The molecule has 4 aromatic carbocycles. The van der Waals surface area contributed by atoms with E-state index in [0.717, 1.165) is 22.5 Å². The van der Waals surface area contributed by atoms with Crippen molar-refractivity contribution < 1.29 is 18.3 Å². The van der Waals surface area contributed by atoms with Crippen LogP contribution in [0.3, 0.4) is 0 Å². The third-order valence-corrected chi connectivity index (χ3v) is 7.60. The number of rotatable bonds is 7. The van der Waals surface area contributed by atoms with Crippen molar-refractivity contribution in [3.05, 3.63) is 146 Å². The summed E-state index contributed by atoms with van der Waals surface area (Å²) < 4.78 is 45.2. The monoisotopic (exact) mass is 620 g/mol. The van der Waals surface area contributed by atoms with E-state index in [4.69, 9.17) is 9.47 Å². The smallest absolute Gasteiger partial charge is 0.237 e.